The molecular formula is C12H12BrN3. The van der Waals surface area contributed by atoms with Gasteiger partial charge in [0.05, 0.1) is 12.0 Å². The molecule has 0 aliphatic heterocycles. The van der Waals surface area contributed by atoms with Gasteiger partial charge in [-0.25, -0.2) is 4.99 Å². The van der Waals surface area contributed by atoms with Crippen molar-refractivity contribution in [3.63, 3.8) is 0 Å². The van der Waals surface area contributed by atoms with Gasteiger partial charge in [0.1, 0.15) is 0 Å². The number of rotatable bonds is 4. The number of aryl methyl sites for hydroxylation is 1. The van der Waals surface area contributed by atoms with Gasteiger partial charge in [0.15, 0.2) is 4.74 Å². The molecule has 16 heavy (non-hydrogen) atoms. The second-order valence-electron chi connectivity index (χ2n) is 3.33. The van der Waals surface area contributed by atoms with E-state index in [4.69, 9.17) is 10.7 Å². The fraction of sp³-hybridized carbons (Fsp3) is 0.250. The Hall–Kier alpha value is -1.47. The summed E-state index contributed by atoms with van der Waals surface area (Å²) in [6, 6.07) is 12.2. The molecule has 0 heterocycles. The number of nitriles is 1. The third kappa shape index (κ3) is 4.85. The summed E-state index contributed by atoms with van der Waals surface area (Å²) in [5.41, 5.74) is 1.21. The van der Waals surface area contributed by atoms with Gasteiger partial charge in [0, 0.05) is 6.21 Å². The lowest BCUT2D eigenvalue weighted by molar-refractivity contribution is 0.763. The molecular weight excluding hydrogens is 266 g/mol. The maximum Gasteiger partial charge on any atom is 0.188 e. The minimum atomic E-state index is -0.238. The molecule has 82 valence electrons. The van der Waals surface area contributed by atoms with Crippen molar-refractivity contribution in [2.75, 3.05) is 0 Å². The second-order valence-corrected chi connectivity index (χ2v) is 4.08. The lowest BCUT2D eigenvalue weighted by atomic mass is 10.0. The van der Waals surface area contributed by atoms with Gasteiger partial charge >= 0.3 is 0 Å². The normalized spacial score (nSPS) is 12.2. The molecule has 0 saturated heterocycles. The Morgan fingerprint density at radius 3 is 2.75 bits per heavy atom. The molecule has 1 N–H and O–H groups in total. The van der Waals surface area contributed by atoms with Crippen LogP contribution >= 0.6 is 15.9 Å². The first kappa shape index (κ1) is 12.6. The molecule has 0 radical (unpaired) electrons. The number of benzene rings is 1. The van der Waals surface area contributed by atoms with E-state index < -0.39 is 0 Å². The number of hydrogen-bond donors (Lipinski definition) is 1. The van der Waals surface area contributed by atoms with Crippen molar-refractivity contribution < 1.29 is 0 Å². The minimum absolute atomic E-state index is 0.0486. The Kier molecular flexibility index (Phi) is 5.44. The molecule has 0 spiro atoms. The van der Waals surface area contributed by atoms with Gasteiger partial charge in [-0.1, -0.05) is 30.3 Å². The molecule has 4 heteroatoms. The summed E-state index contributed by atoms with van der Waals surface area (Å²) in [6.45, 7) is 0. The van der Waals surface area contributed by atoms with Gasteiger partial charge in [0.2, 0.25) is 0 Å². The van der Waals surface area contributed by atoms with Crippen molar-refractivity contribution >= 4 is 26.9 Å². The van der Waals surface area contributed by atoms with Gasteiger partial charge in [-0.2, -0.15) is 5.26 Å². The standard InChI is InChI=1S/C12H12BrN3/c13-12(15)16-9-11(8-14)7-6-10-4-2-1-3-5-10/h1-5,9,11,15H,6-7H2/b15-12?,16-9+/t11-/m1/s1. The zero-order valence-electron chi connectivity index (χ0n) is 8.73. The highest BCUT2D eigenvalue weighted by Crippen LogP contribution is 2.08. The highest BCUT2D eigenvalue weighted by atomic mass is 79.9. The number of hydrogen-bond acceptors (Lipinski definition) is 2. The zero-order valence-corrected chi connectivity index (χ0v) is 10.3. The highest BCUT2D eigenvalue weighted by molar-refractivity contribution is 9.18. The molecule has 0 bridgehead atoms. The summed E-state index contributed by atoms with van der Waals surface area (Å²) in [5.74, 6) is -0.238. The van der Waals surface area contributed by atoms with E-state index in [0.29, 0.717) is 0 Å². The summed E-state index contributed by atoms with van der Waals surface area (Å²) in [4.78, 5) is 3.76. The lowest BCUT2D eigenvalue weighted by Gasteiger charge is -2.02. The van der Waals surface area contributed by atoms with Gasteiger partial charge < -0.3 is 0 Å². The van der Waals surface area contributed by atoms with Crippen LogP contribution < -0.4 is 0 Å². The Bertz CT molecular complexity index is 406. The van der Waals surface area contributed by atoms with Crippen molar-refractivity contribution in [3.05, 3.63) is 35.9 Å². The minimum Gasteiger partial charge on any atom is -0.277 e. The summed E-state index contributed by atoms with van der Waals surface area (Å²) in [5, 5.41) is 16.0. The third-order valence-corrected chi connectivity index (χ3v) is 2.33. The lowest BCUT2D eigenvalue weighted by Crippen LogP contribution is -2.01. The fourth-order valence-electron chi connectivity index (χ4n) is 1.29. The first-order valence-corrected chi connectivity index (χ1v) is 5.73. The van der Waals surface area contributed by atoms with Crippen molar-refractivity contribution in [1.29, 1.82) is 10.7 Å². The van der Waals surface area contributed by atoms with E-state index in [2.05, 4.69) is 27.0 Å². The van der Waals surface area contributed by atoms with E-state index in [1.54, 1.807) is 0 Å². The molecule has 0 fully saturated rings. The number of nitrogens with one attached hydrogen (secondary N) is 1. The van der Waals surface area contributed by atoms with Crippen LogP contribution in [0.15, 0.2) is 35.3 Å². The van der Waals surface area contributed by atoms with Gasteiger partial charge in [-0.15, -0.1) is 0 Å². The van der Waals surface area contributed by atoms with Gasteiger partial charge in [0.25, 0.3) is 0 Å². The summed E-state index contributed by atoms with van der Waals surface area (Å²) >= 11 is 2.90. The van der Waals surface area contributed by atoms with Crippen LogP contribution in [0.25, 0.3) is 0 Å². The molecule has 0 aliphatic rings. The topological polar surface area (TPSA) is 60.0 Å². The predicted molar refractivity (Wildman–Crippen MR) is 69.0 cm³/mol. The van der Waals surface area contributed by atoms with Crippen molar-refractivity contribution in [1.82, 2.24) is 0 Å². The van der Waals surface area contributed by atoms with E-state index >= 15 is 0 Å². The number of amidine groups is 1. The Morgan fingerprint density at radius 1 is 1.50 bits per heavy atom. The first-order valence-electron chi connectivity index (χ1n) is 4.94. The number of nitrogens with zero attached hydrogens (tertiary/aromatic N) is 2. The van der Waals surface area contributed by atoms with Gasteiger partial charge in [-0.05, 0) is 34.3 Å². The molecule has 0 saturated carbocycles. The largest absolute Gasteiger partial charge is 0.277 e. The molecule has 3 nitrogen and oxygen atoms in total. The van der Waals surface area contributed by atoms with Crippen molar-refractivity contribution in [3.8, 4) is 6.07 Å². The Labute approximate surface area is 103 Å². The van der Waals surface area contributed by atoms with E-state index in [1.807, 2.05) is 30.3 Å². The maximum atomic E-state index is 8.89. The first-order chi connectivity index (χ1) is 7.72. The van der Waals surface area contributed by atoms with Crippen LogP contribution in [0.5, 0.6) is 0 Å². The average Bonchev–Trinajstić information content (AvgIpc) is 2.30. The molecule has 1 rings (SSSR count). The van der Waals surface area contributed by atoms with Crippen molar-refractivity contribution in [2.45, 2.75) is 12.8 Å². The van der Waals surface area contributed by atoms with Crippen LogP contribution in [-0.4, -0.2) is 11.0 Å². The predicted octanol–water partition coefficient (Wildman–Crippen LogP) is 3.16. The molecule has 0 aromatic heterocycles. The molecule has 0 unspecified atom stereocenters. The second kappa shape index (κ2) is 6.91. The quantitative estimate of drug-likeness (QED) is 0.513. The van der Waals surface area contributed by atoms with E-state index in [9.17, 15) is 0 Å². The highest BCUT2D eigenvalue weighted by Gasteiger charge is 2.04. The zero-order chi connectivity index (χ0) is 11.8. The third-order valence-electron chi connectivity index (χ3n) is 2.12. The molecule has 1 aromatic rings. The molecule has 0 aliphatic carbocycles. The van der Waals surface area contributed by atoms with E-state index in [-0.39, 0.29) is 10.7 Å². The maximum absolute atomic E-state index is 8.89. The number of halogens is 1. The molecule has 1 atom stereocenters. The van der Waals surface area contributed by atoms with Crippen LogP contribution in [0.2, 0.25) is 0 Å². The van der Waals surface area contributed by atoms with Crippen molar-refractivity contribution in [2.24, 2.45) is 10.9 Å². The summed E-state index contributed by atoms with van der Waals surface area (Å²) in [6.07, 6.45) is 3.09. The van der Waals surface area contributed by atoms with E-state index in [1.165, 1.54) is 11.8 Å². The smallest absolute Gasteiger partial charge is 0.188 e. The van der Waals surface area contributed by atoms with Crippen LogP contribution in [0.4, 0.5) is 0 Å². The Balaban J connectivity index is 2.47. The van der Waals surface area contributed by atoms with Crippen LogP contribution in [-0.2, 0) is 6.42 Å². The fourth-order valence-corrected chi connectivity index (χ4v) is 1.41. The van der Waals surface area contributed by atoms with E-state index in [0.717, 1.165) is 12.8 Å². The summed E-state index contributed by atoms with van der Waals surface area (Å²) in [7, 11) is 0. The van der Waals surface area contributed by atoms with Crippen LogP contribution in [0.3, 0.4) is 0 Å². The monoisotopic (exact) mass is 277 g/mol. The SMILES string of the molecule is N#C[C@H](/C=N/C(=N)Br)CCc1ccccc1. The number of aliphatic imine (C=N–C) groups is 1. The summed E-state index contributed by atoms with van der Waals surface area (Å²) < 4.78 is 0.0486. The molecule has 1 aromatic carbocycles. The van der Waals surface area contributed by atoms with Gasteiger partial charge in [-0.3, -0.25) is 5.41 Å². The average molecular weight is 278 g/mol. The molecule has 0 amide bonds. The van der Waals surface area contributed by atoms with Crippen LogP contribution in [0.1, 0.15) is 12.0 Å². The van der Waals surface area contributed by atoms with Crippen LogP contribution in [0, 0.1) is 22.7 Å². The Morgan fingerprint density at radius 2 is 2.19 bits per heavy atom.